The summed E-state index contributed by atoms with van der Waals surface area (Å²) in [5.74, 6) is -0.192. The van der Waals surface area contributed by atoms with Crippen LogP contribution in [0.4, 0.5) is 5.13 Å². The molecule has 2 aromatic carbocycles. The molecular formula is C20H17N5OS. The van der Waals surface area contributed by atoms with E-state index in [9.17, 15) is 4.79 Å². The van der Waals surface area contributed by atoms with Crippen LogP contribution in [0.15, 0.2) is 67.0 Å². The van der Waals surface area contributed by atoms with Gasteiger partial charge in [-0.2, -0.15) is 5.10 Å². The smallest absolute Gasteiger partial charge is 0.258 e. The SMILES string of the molecule is Cc1nnc(NC(=O)c2ccccc2-c2ccc(Cn3cccn3)cc2)s1. The lowest BCUT2D eigenvalue weighted by Gasteiger charge is -2.10. The lowest BCUT2D eigenvalue weighted by molar-refractivity contribution is 0.102. The summed E-state index contributed by atoms with van der Waals surface area (Å²) in [7, 11) is 0. The maximum Gasteiger partial charge on any atom is 0.258 e. The molecule has 0 aliphatic carbocycles. The summed E-state index contributed by atoms with van der Waals surface area (Å²) in [6, 6.07) is 17.6. The Hall–Kier alpha value is -3.32. The third-order valence-corrected chi connectivity index (χ3v) is 4.84. The number of carbonyl (C=O) groups is 1. The van der Waals surface area contributed by atoms with E-state index in [1.165, 1.54) is 11.3 Å². The molecule has 4 rings (SSSR count). The van der Waals surface area contributed by atoms with Crippen molar-refractivity contribution in [2.75, 3.05) is 5.32 Å². The van der Waals surface area contributed by atoms with Gasteiger partial charge in [0.05, 0.1) is 6.54 Å². The van der Waals surface area contributed by atoms with Crippen molar-refractivity contribution in [1.29, 1.82) is 0 Å². The molecule has 0 atom stereocenters. The van der Waals surface area contributed by atoms with Crippen LogP contribution in [-0.2, 0) is 6.54 Å². The third kappa shape index (κ3) is 3.93. The van der Waals surface area contributed by atoms with Crippen molar-refractivity contribution in [3.05, 3.63) is 83.1 Å². The predicted octanol–water partition coefficient (Wildman–Crippen LogP) is 4.01. The van der Waals surface area contributed by atoms with Crippen LogP contribution in [0.5, 0.6) is 0 Å². The summed E-state index contributed by atoms with van der Waals surface area (Å²) < 4.78 is 1.88. The van der Waals surface area contributed by atoms with Gasteiger partial charge in [0.1, 0.15) is 5.01 Å². The Morgan fingerprint density at radius 1 is 1.07 bits per heavy atom. The Kier molecular flexibility index (Phi) is 4.76. The van der Waals surface area contributed by atoms with E-state index in [0.29, 0.717) is 17.2 Å². The van der Waals surface area contributed by atoms with Crippen LogP contribution < -0.4 is 5.32 Å². The summed E-state index contributed by atoms with van der Waals surface area (Å²) in [4.78, 5) is 12.7. The van der Waals surface area contributed by atoms with E-state index >= 15 is 0 Å². The van der Waals surface area contributed by atoms with Crippen LogP contribution in [0, 0.1) is 6.92 Å². The molecule has 2 heterocycles. The number of hydrogen-bond acceptors (Lipinski definition) is 5. The van der Waals surface area contributed by atoms with E-state index in [2.05, 4.69) is 32.7 Å². The molecule has 0 unspecified atom stereocenters. The van der Waals surface area contributed by atoms with Gasteiger partial charge < -0.3 is 0 Å². The number of rotatable bonds is 5. The first-order valence-corrected chi connectivity index (χ1v) is 9.28. The number of carbonyl (C=O) groups excluding carboxylic acids is 1. The molecule has 0 saturated carbocycles. The largest absolute Gasteiger partial charge is 0.296 e. The minimum atomic E-state index is -0.192. The highest BCUT2D eigenvalue weighted by molar-refractivity contribution is 7.15. The fraction of sp³-hybridized carbons (Fsp3) is 0.100. The molecule has 2 aromatic heterocycles. The minimum Gasteiger partial charge on any atom is -0.296 e. The summed E-state index contributed by atoms with van der Waals surface area (Å²) in [5, 5.41) is 16.3. The monoisotopic (exact) mass is 375 g/mol. The van der Waals surface area contributed by atoms with Gasteiger partial charge in [-0.05, 0) is 35.7 Å². The van der Waals surface area contributed by atoms with Crippen molar-refractivity contribution in [3.63, 3.8) is 0 Å². The molecule has 0 aliphatic heterocycles. The number of amides is 1. The molecule has 6 nitrogen and oxygen atoms in total. The van der Waals surface area contributed by atoms with Crippen LogP contribution >= 0.6 is 11.3 Å². The summed E-state index contributed by atoms with van der Waals surface area (Å²) >= 11 is 1.35. The summed E-state index contributed by atoms with van der Waals surface area (Å²) in [6.45, 7) is 2.57. The van der Waals surface area contributed by atoms with Gasteiger partial charge in [-0.25, -0.2) is 0 Å². The molecule has 0 aliphatic rings. The first-order valence-electron chi connectivity index (χ1n) is 8.46. The van der Waals surface area contributed by atoms with Gasteiger partial charge in [0.15, 0.2) is 0 Å². The Bertz CT molecular complexity index is 1050. The standard InChI is InChI=1S/C20H17N5OS/c1-14-23-24-20(27-14)22-19(26)18-6-3-2-5-17(18)16-9-7-15(8-10-16)13-25-12-4-11-21-25/h2-12H,13H2,1H3,(H,22,24,26). The molecule has 1 N–H and O–H groups in total. The fourth-order valence-corrected chi connectivity index (χ4v) is 3.40. The zero-order chi connectivity index (χ0) is 18.6. The molecule has 0 bridgehead atoms. The Morgan fingerprint density at radius 2 is 1.89 bits per heavy atom. The Morgan fingerprint density at radius 3 is 2.59 bits per heavy atom. The maximum atomic E-state index is 12.7. The third-order valence-electron chi connectivity index (χ3n) is 4.09. The number of nitrogens with zero attached hydrogens (tertiary/aromatic N) is 4. The molecule has 0 fully saturated rings. The summed E-state index contributed by atoms with van der Waals surface area (Å²) in [6.07, 6.45) is 3.70. The topological polar surface area (TPSA) is 72.7 Å². The van der Waals surface area contributed by atoms with Crippen molar-refractivity contribution in [2.45, 2.75) is 13.5 Å². The average Bonchev–Trinajstić information content (AvgIpc) is 3.34. The van der Waals surface area contributed by atoms with E-state index in [4.69, 9.17) is 0 Å². The maximum absolute atomic E-state index is 12.7. The van der Waals surface area contributed by atoms with E-state index in [1.807, 2.05) is 60.3 Å². The predicted molar refractivity (Wildman–Crippen MR) is 106 cm³/mol. The van der Waals surface area contributed by atoms with Gasteiger partial charge in [-0.15, -0.1) is 10.2 Å². The quantitative estimate of drug-likeness (QED) is 0.572. The molecule has 134 valence electrons. The number of hydrogen-bond donors (Lipinski definition) is 1. The molecule has 1 amide bonds. The molecule has 0 spiro atoms. The normalized spacial score (nSPS) is 10.7. The van der Waals surface area contributed by atoms with E-state index < -0.39 is 0 Å². The fourth-order valence-electron chi connectivity index (χ4n) is 2.82. The van der Waals surface area contributed by atoms with E-state index in [-0.39, 0.29) is 5.91 Å². The van der Waals surface area contributed by atoms with E-state index in [1.54, 1.807) is 6.20 Å². The van der Waals surface area contributed by atoms with E-state index in [0.717, 1.165) is 21.7 Å². The van der Waals surface area contributed by atoms with Crippen molar-refractivity contribution in [3.8, 4) is 11.1 Å². The zero-order valence-electron chi connectivity index (χ0n) is 14.7. The second-order valence-electron chi connectivity index (χ2n) is 6.03. The number of nitrogens with one attached hydrogen (secondary N) is 1. The molecule has 4 aromatic rings. The zero-order valence-corrected chi connectivity index (χ0v) is 15.5. The molecular weight excluding hydrogens is 358 g/mol. The number of aromatic nitrogens is 4. The lowest BCUT2D eigenvalue weighted by Crippen LogP contribution is -2.13. The van der Waals surface area contributed by atoms with Gasteiger partial charge in [0, 0.05) is 18.0 Å². The van der Waals surface area contributed by atoms with Crippen LogP contribution in [0.25, 0.3) is 11.1 Å². The highest BCUT2D eigenvalue weighted by Gasteiger charge is 2.14. The average molecular weight is 375 g/mol. The number of benzene rings is 2. The highest BCUT2D eigenvalue weighted by Crippen LogP contribution is 2.25. The van der Waals surface area contributed by atoms with Gasteiger partial charge in [-0.3, -0.25) is 14.8 Å². The minimum absolute atomic E-state index is 0.192. The molecule has 7 heteroatoms. The van der Waals surface area contributed by atoms with Crippen LogP contribution in [0.3, 0.4) is 0 Å². The molecule has 0 radical (unpaired) electrons. The number of aryl methyl sites for hydroxylation is 1. The molecule has 27 heavy (non-hydrogen) atoms. The summed E-state index contributed by atoms with van der Waals surface area (Å²) in [5.41, 5.74) is 3.61. The Balaban J connectivity index is 1.57. The number of anilines is 1. The van der Waals surface area contributed by atoms with Crippen molar-refractivity contribution in [2.24, 2.45) is 0 Å². The van der Waals surface area contributed by atoms with Crippen LogP contribution in [0.1, 0.15) is 20.9 Å². The van der Waals surface area contributed by atoms with Crippen molar-refractivity contribution in [1.82, 2.24) is 20.0 Å². The van der Waals surface area contributed by atoms with Gasteiger partial charge in [-0.1, -0.05) is 53.8 Å². The first kappa shape index (κ1) is 17.1. The van der Waals surface area contributed by atoms with Crippen molar-refractivity contribution >= 4 is 22.4 Å². The van der Waals surface area contributed by atoms with Gasteiger partial charge >= 0.3 is 0 Å². The first-order chi connectivity index (χ1) is 13.2. The second-order valence-corrected chi connectivity index (χ2v) is 7.21. The van der Waals surface area contributed by atoms with Crippen LogP contribution in [0.2, 0.25) is 0 Å². The highest BCUT2D eigenvalue weighted by atomic mass is 32.1. The molecule has 0 saturated heterocycles. The van der Waals surface area contributed by atoms with Gasteiger partial charge in [0.2, 0.25) is 5.13 Å². The lowest BCUT2D eigenvalue weighted by atomic mass is 9.98. The van der Waals surface area contributed by atoms with Crippen molar-refractivity contribution < 1.29 is 4.79 Å². The second kappa shape index (κ2) is 7.51. The van der Waals surface area contributed by atoms with Gasteiger partial charge in [0.25, 0.3) is 5.91 Å². The Labute approximate surface area is 160 Å². The van der Waals surface area contributed by atoms with Crippen LogP contribution in [-0.4, -0.2) is 25.9 Å².